The van der Waals surface area contributed by atoms with Crippen molar-refractivity contribution in [3.63, 3.8) is 0 Å². The zero-order valence-corrected chi connectivity index (χ0v) is 12.0. The fourth-order valence-corrected chi connectivity index (χ4v) is 3.19. The third-order valence-electron chi connectivity index (χ3n) is 4.82. The first-order valence-electron chi connectivity index (χ1n) is 7.87. The molecule has 2 saturated carbocycles. The van der Waals surface area contributed by atoms with E-state index in [1.54, 1.807) is 6.07 Å². The Morgan fingerprint density at radius 1 is 1.38 bits per heavy atom. The SMILES string of the molecule is O=C(N[C@@H]1CN(C2CC2)CC1CO)c1cc(C2CC2)on1. The molecule has 3 fully saturated rings. The van der Waals surface area contributed by atoms with Crippen molar-refractivity contribution < 1.29 is 14.4 Å². The Morgan fingerprint density at radius 3 is 2.86 bits per heavy atom. The van der Waals surface area contributed by atoms with Crippen LogP contribution in [-0.4, -0.2) is 52.9 Å². The molecule has 0 radical (unpaired) electrons. The molecule has 2 atom stereocenters. The van der Waals surface area contributed by atoms with E-state index in [1.807, 2.05) is 0 Å². The van der Waals surface area contributed by atoms with Crippen LogP contribution in [0.2, 0.25) is 0 Å². The van der Waals surface area contributed by atoms with E-state index in [0.29, 0.717) is 17.7 Å². The number of nitrogens with zero attached hydrogens (tertiary/aromatic N) is 2. The Labute approximate surface area is 123 Å². The van der Waals surface area contributed by atoms with Gasteiger partial charge in [-0.3, -0.25) is 9.69 Å². The summed E-state index contributed by atoms with van der Waals surface area (Å²) < 4.78 is 5.23. The summed E-state index contributed by atoms with van der Waals surface area (Å²) in [6, 6.07) is 2.42. The van der Waals surface area contributed by atoms with Crippen molar-refractivity contribution in [3.8, 4) is 0 Å². The highest BCUT2D eigenvalue weighted by Crippen LogP contribution is 2.40. The minimum Gasteiger partial charge on any atom is -0.396 e. The van der Waals surface area contributed by atoms with E-state index in [9.17, 15) is 9.90 Å². The van der Waals surface area contributed by atoms with E-state index >= 15 is 0 Å². The molecule has 2 heterocycles. The van der Waals surface area contributed by atoms with Gasteiger partial charge in [-0.15, -0.1) is 0 Å². The molecule has 4 rings (SSSR count). The third-order valence-corrected chi connectivity index (χ3v) is 4.82. The third kappa shape index (κ3) is 2.70. The molecule has 1 aromatic heterocycles. The van der Waals surface area contributed by atoms with Gasteiger partial charge in [0.15, 0.2) is 5.69 Å². The number of amides is 1. The van der Waals surface area contributed by atoms with Crippen molar-refractivity contribution in [1.29, 1.82) is 0 Å². The summed E-state index contributed by atoms with van der Waals surface area (Å²) in [5.41, 5.74) is 0.360. The molecule has 0 spiro atoms. The second-order valence-electron chi connectivity index (χ2n) is 6.60. The maximum absolute atomic E-state index is 12.3. The summed E-state index contributed by atoms with van der Waals surface area (Å²) in [6.45, 7) is 1.81. The first-order chi connectivity index (χ1) is 10.2. The van der Waals surface area contributed by atoms with Crippen molar-refractivity contribution in [1.82, 2.24) is 15.4 Å². The molecule has 1 unspecified atom stereocenters. The number of carbonyl (C=O) groups excluding carboxylic acids is 1. The Morgan fingerprint density at radius 2 is 2.19 bits per heavy atom. The highest BCUT2D eigenvalue weighted by Gasteiger charge is 2.40. The van der Waals surface area contributed by atoms with Crippen LogP contribution in [0.4, 0.5) is 0 Å². The van der Waals surface area contributed by atoms with E-state index in [4.69, 9.17) is 4.52 Å². The van der Waals surface area contributed by atoms with E-state index in [0.717, 1.165) is 31.7 Å². The monoisotopic (exact) mass is 291 g/mol. The van der Waals surface area contributed by atoms with E-state index in [1.165, 1.54) is 12.8 Å². The summed E-state index contributed by atoms with van der Waals surface area (Å²) in [5, 5.41) is 16.4. The molecule has 1 aromatic rings. The Balaban J connectivity index is 1.40. The standard InChI is InChI=1S/C15H21N3O3/c19-8-10-6-18(11-3-4-11)7-13(10)16-15(20)12-5-14(21-17-12)9-1-2-9/h5,9-11,13,19H,1-4,6-8H2,(H,16,20)/t10?,13-/m1/s1. The van der Waals surface area contributed by atoms with Crippen LogP contribution in [0.5, 0.6) is 0 Å². The second-order valence-corrected chi connectivity index (χ2v) is 6.60. The Hall–Kier alpha value is -1.40. The molecule has 0 bridgehead atoms. The minimum absolute atomic E-state index is 0.00387. The van der Waals surface area contributed by atoms with Crippen LogP contribution >= 0.6 is 0 Å². The zero-order chi connectivity index (χ0) is 14.4. The van der Waals surface area contributed by atoms with Gasteiger partial charge in [-0.05, 0) is 25.7 Å². The van der Waals surface area contributed by atoms with Crippen LogP contribution in [0.1, 0.15) is 47.8 Å². The molecular weight excluding hydrogens is 270 g/mol. The van der Waals surface area contributed by atoms with Crippen molar-refractivity contribution >= 4 is 5.91 Å². The number of aromatic nitrogens is 1. The van der Waals surface area contributed by atoms with Gasteiger partial charge < -0.3 is 14.9 Å². The van der Waals surface area contributed by atoms with E-state index < -0.39 is 0 Å². The summed E-state index contributed by atoms with van der Waals surface area (Å²) in [5.74, 6) is 1.21. The largest absolute Gasteiger partial charge is 0.396 e. The maximum Gasteiger partial charge on any atom is 0.273 e. The lowest BCUT2D eigenvalue weighted by Crippen LogP contribution is -2.41. The lowest BCUT2D eigenvalue weighted by molar-refractivity contribution is 0.0912. The quantitative estimate of drug-likeness (QED) is 0.836. The van der Waals surface area contributed by atoms with Crippen LogP contribution < -0.4 is 5.32 Å². The van der Waals surface area contributed by atoms with Gasteiger partial charge in [0.25, 0.3) is 5.91 Å². The minimum atomic E-state index is -0.188. The molecule has 0 aromatic carbocycles. The highest BCUT2D eigenvalue weighted by molar-refractivity contribution is 5.92. The summed E-state index contributed by atoms with van der Waals surface area (Å²) >= 11 is 0. The molecule has 1 aliphatic heterocycles. The normalized spacial score (nSPS) is 29.8. The predicted octanol–water partition coefficient (Wildman–Crippen LogP) is 0.737. The topological polar surface area (TPSA) is 78.6 Å². The van der Waals surface area contributed by atoms with Crippen LogP contribution in [0.25, 0.3) is 0 Å². The second kappa shape index (κ2) is 5.10. The van der Waals surface area contributed by atoms with Gasteiger partial charge in [0, 0.05) is 49.7 Å². The molecule has 6 heteroatoms. The summed E-state index contributed by atoms with van der Waals surface area (Å²) in [7, 11) is 0. The van der Waals surface area contributed by atoms with Crippen molar-refractivity contribution in [2.75, 3.05) is 19.7 Å². The van der Waals surface area contributed by atoms with E-state index in [2.05, 4.69) is 15.4 Å². The number of rotatable bonds is 5. The predicted molar refractivity (Wildman–Crippen MR) is 74.9 cm³/mol. The number of aliphatic hydroxyl groups is 1. The molecule has 21 heavy (non-hydrogen) atoms. The smallest absolute Gasteiger partial charge is 0.273 e. The fraction of sp³-hybridized carbons (Fsp3) is 0.733. The van der Waals surface area contributed by atoms with Gasteiger partial charge in [-0.2, -0.15) is 0 Å². The molecule has 2 aliphatic carbocycles. The molecular formula is C15H21N3O3. The summed E-state index contributed by atoms with van der Waals surface area (Å²) in [6.07, 6.45) is 4.74. The zero-order valence-electron chi connectivity index (χ0n) is 12.0. The number of carbonyl (C=O) groups is 1. The van der Waals surface area contributed by atoms with Gasteiger partial charge in [0.1, 0.15) is 5.76 Å². The molecule has 3 aliphatic rings. The Bertz CT molecular complexity index is 536. The van der Waals surface area contributed by atoms with Crippen molar-refractivity contribution in [2.45, 2.75) is 43.7 Å². The fourth-order valence-electron chi connectivity index (χ4n) is 3.19. The lowest BCUT2D eigenvalue weighted by atomic mass is 10.1. The number of likely N-dealkylation sites (tertiary alicyclic amines) is 1. The summed E-state index contributed by atoms with van der Waals surface area (Å²) in [4.78, 5) is 14.7. The maximum atomic E-state index is 12.3. The highest BCUT2D eigenvalue weighted by atomic mass is 16.5. The number of hydrogen-bond acceptors (Lipinski definition) is 5. The Kier molecular flexibility index (Phi) is 3.23. The van der Waals surface area contributed by atoms with Gasteiger partial charge in [-0.25, -0.2) is 0 Å². The van der Waals surface area contributed by atoms with Gasteiger partial charge in [0.2, 0.25) is 0 Å². The molecule has 114 valence electrons. The number of nitrogens with one attached hydrogen (secondary N) is 1. The van der Waals surface area contributed by atoms with Crippen LogP contribution in [0.3, 0.4) is 0 Å². The number of aliphatic hydroxyl groups excluding tert-OH is 1. The molecule has 6 nitrogen and oxygen atoms in total. The number of hydrogen-bond donors (Lipinski definition) is 2. The lowest BCUT2D eigenvalue weighted by Gasteiger charge is -2.17. The van der Waals surface area contributed by atoms with Crippen LogP contribution in [0.15, 0.2) is 10.6 Å². The average molecular weight is 291 g/mol. The first kappa shape index (κ1) is 13.3. The van der Waals surface area contributed by atoms with Crippen molar-refractivity contribution in [2.24, 2.45) is 5.92 Å². The van der Waals surface area contributed by atoms with Gasteiger partial charge in [-0.1, -0.05) is 5.16 Å². The van der Waals surface area contributed by atoms with Gasteiger partial charge in [0.05, 0.1) is 0 Å². The van der Waals surface area contributed by atoms with E-state index in [-0.39, 0.29) is 24.5 Å². The molecule has 2 N–H and O–H groups in total. The molecule has 1 saturated heterocycles. The molecule has 1 amide bonds. The first-order valence-corrected chi connectivity index (χ1v) is 7.87. The van der Waals surface area contributed by atoms with Crippen molar-refractivity contribution in [3.05, 3.63) is 17.5 Å². The van der Waals surface area contributed by atoms with Crippen LogP contribution in [0, 0.1) is 5.92 Å². The average Bonchev–Trinajstić information content (AvgIpc) is 3.42. The van der Waals surface area contributed by atoms with Crippen LogP contribution in [-0.2, 0) is 0 Å². The van der Waals surface area contributed by atoms with Gasteiger partial charge >= 0.3 is 0 Å².